The number of aliphatic carboxylic acids is 1. The minimum atomic E-state index is -0.710. The second-order valence-corrected chi connectivity index (χ2v) is 3.99. The Balaban J connectivity index is 2.29. The number of carboxylic acid groups (broad SMARTS) is 1. The minimum absolute atomic E-state index is 0.323. The van der Waals surface area contributed by atoms with Crippen LogP contribution in [0.1, 0.15) is 23.6 Å². The number of carboxylic acids is 1. The van der Waals surface area contributed by atoms with Gasteiger partial charge in [0.15, 0.2) is 0 Å². The van der Waals surface area contributed by atoms with E-state index in [1.54, 1.807) is 0 Å². The van der Waals surface area contributed by atoms with E-state index in [1.807, 2.05) is 24.3 Å². The fourth-order valence-corrected chi connectivity index (χ4v) is 2.49. The summed E-state index contributed by atoms with van der Waals surface area (Å²) in [5.74, 6) is -1.03. The first-order chi connectivity index (χ1) is 7.27. The lowest BCUT2D eigenvalue weighted by atomic mass is 10.0. The van der Waals surface area contributed by atoms with E-state index in [1.165, 1.54) is 0 Å². The van der Waals surface area contributed by atoms with Crippen LogP contribution in [0.15, 0.2) is 24.3 Å². The highest BCUT2D eigenvalue weighted by atomic mass is 16.4. The van der Waals surface area contributed by atoms with Crippen molar-refractivity contribution in [3.8, 4) is 0 Å². The maximum Gasteiger partial charge on any atom is 0.311 e. The molecule has 1 aliphatic carbocycles. The zero-order valence-electron chi connectivity index (χ0n) is 8.16. The number of benzene rings is 1. The molecule has 3 nitrogen and oxygen atoms in total. The molecule has 3 rings (SSSR count). The molecule has 2 aromatic rings. The lowest BCUT2D eigenvalue weighted by molar-refractivity contribution is -0.138. The Kier molecular flexibility index (Phi) is 1.63. The monoisotopic (exact) mass is 201 g/mol. The number of hydrogen-bond acceptors (Lipinski definition) is 1. The molecule has 2 N–H and O–H groups in total. The predicted molar refractivity (Wildman–Crippen MR) is 57.0 cm³/mol. The number of hydrogen-bond donors (Lipinski definition) is 2. The van der Waals surface area contributed by atoms with Crippen LogP contribution in [0.3, 0.4) is 0 Å². The summed E-state index contributed by atoms with van der Waals surface area (Å²) in [7, 11) is 0. The van der Waals surface area contributed by atoms with Crippen LogP contribution in [-0.2, 0) is 11.2 Å². The molecule has 0 saturated carbocycles. The third kappa shape index (κ3) is 1.09. The third-order valence-corrected chi connectivity index (χ3v) is 3.16. The lowest BCUT2D eigenvalue weighted by Gasteiger charge is -2.03. The molecular formula is C12H11NO2. The fraction of sp³-hybridized carbons (Fsp3) is 0.250. The standard InChI is InChI=1S/C12H11NO2/c14-12(15)8-5-6-10-11(8)7-3-1-2-4-9(7)13-10/h1-4,8,13H,5-6H2,(H,14,15). The van der Waals surface area contributed by atoms with Crippen LogP contribution in [0.4, 0.5) is 0 Å². The van der Waals surface area contributed by atoms with Gasteiger partial charge in [-0.2, -0.15) is 0 Å². The van der Waals surface area contributed by atoms with Crippen molar-refractivity contribution in [1.82, 2.24) is 4.98 Å². The summed E-state index contributed by atoms with van der Waals surface area (Å²) >= 11 is 0. The molecule has 0 bridgehead atoms. The van der Waals surface area contributed by atoms with Gasteiger partial charge in [0.05, 0.1) is 5.92 Å². The molecule has 1 unspecified atom stereocenters. The van der Waals surface area contributed by atoms with E-state index in [-0.39, 0.29) is 5.92 Å². The van der Waals surface area contributed by atoms with Crippen LogP contribution in [0.25, 0.3) is 10.9 Å². The number of aryl methyl sites for hydroxylation is 1. The van der Waals surface area contributed by atoms with Gasteiger partial charge in [-0.25, -0.2) is 0 Å². The average Bonchev–Trinajstić information content (AvgIpc) is 2.74. The van der Waals surface area contributed by atoms with Crippen LogP contribution in [-0.4, -0.2) is 16.1 Å². The maximum atomic E-state index is 11.1. The number of para-hydroxylation sites is 1. The highest BCUT2D eigenvalue weighted by molar-refractivity contribution is 5.91. The van der Waals surface area contributed by atoms with Crippen molar-refractivity contribution in [3.63, 3.8) is 0 Å². The first-order valence-corrected chi connectivity index (χ1v) is 5.09. The second-order valence-electron chi connectivity index (χ2n) is 3.99. The van der Waals surface area contributed by atoms with Gasteiger partial charge in [-0.3, -0.25) is 4.79 Å². The highest BCUT2D eigenvalue weighted by Crippen LogP contribution is 2.38. The Morgan fingerprint density at radius 2 is 2.20 bits per heavy atom. The van der Waals surface area contributed by atoms with Crippen molar-refractivity contribution in [2.75, 3.05) is 0 Å². The number of rotatable bonds is 1. The van der Waals surface area contributed by atoms with Gasteiger partial charge in [0.1, 0.15) is 0 Å². The topological polar surface area (TPSA) is 53.1 Å². The van der Waals surface area contributed by atoms with Crippen molar-refractivity contribution in [1.29, 1.82) is 0 Å². The third-order valence-electron chi connectivity index (χ3n) is 3.16. The Morgan fingerprint density at radius 3 is 3.00 bits per heavy atom. The van der Waals surface area contributed by atoms with Gasteiger partial charge >= 0.3 is 5.97 Å². The van der Waals surface area contributed by atoms with Crippen LogP contribution >= 0.6 is 0 Å². The van der Waals surface area contributed by atoms with Crippen LogP contribution in [0.5, 0.6) is 0 Å². The maximum absolute atomic E-state index is 11.1. The van der Waals surface area contributed by atoms with Gasteiger partial charge in [0, 0.05) is 16.6 Å². The Hall–Kier alpha value is -1.77. The number of nitrogens with one attached hydrogen (secondary N) is 1. The summed E-state index contributed by atoms with van der Waals surface area (Å²) in [5.41, 5.74) is 3.15. The number of aromatic nitrogens is 1. The van der Waals surface area contributed by atoms with Crippen molar-refractivity contribution < 1.29 is 9.90 Å². The van der Waals surface area contributed by atoms with Crippen LogP contribution in [0.2, 0.25) is 0 Å². The number of carbonyl (C=O) groups is 1. The molecule has 0 spiro atoms. The SMILES string of the molecule is O=C(O)C1CCc2[nH]c3ccccc3c21. The fourth-order valence-electron chi connectivity index (χ4n) is 2.49. The quantitative estimate of drug-likeness (QED) is 0.743. The molecule has 0 fully saturated rings. The van der Waals surface area contributed by atoms with Gasteiger partial charge in [0.25, 0.3) is 0 Å². The normalized spacial score (nSPS) is 19.3. The molecule has 0 aliphatic heterocycles. The van der Waals surface area contributed by atoms with E-state index in [9.17, 15) is 4.79 Å². The van der Waals surface area contributed by atoms with Gasteiger partial charge in [0.2, 0.25) is 0 Å². The predicted octanol–water partition coefficient (Wildman–Crippen LogP) is 2.28. The van der Waals surface area contributed by atoms with Gasteiger partial charge in [-0.05, 0) is 24.5 Å². The van der Waals surface area contributed by atoms with E-state index in [0.29, 0.717) is 0 Å². The zero-order chi connectivity index (χ0) is 10.4. The number of aromatic amines is 1. The average molecular weight is 201 g/mol. The van der Waals surface area contributed by atoms with Gasteiger partial charge in [-0.1, -0.05) is 18.2 Å². The van der Waals surface area contributed by atoms with Crippen molar-refractivity contribution >= 4 is 16.9 Å². The van der Waals surface area contributed by atoms with Gasteiger partial charge in [-0.15, -0.1) is 0 Å². The number of fused-ring (bicyclic) bond motifs is 3. The molecule has 0 saturated heterocycles. The highest BCUT2D eigenvalue weighted by Gasteiger charge is 2.31. The molecule has 76 valence electrons. The molecule has 1 atom stereocenters. The first kappa shape index (κ1) is 8.53. The lowest BCUT2D eigenvalue weighted by Crippen LogP contribution is -2.07. The molecule has 1 aliphatic rings. The zero-order valence-corrected chi connectivity index (χ0v) is 8.16. The summed E-state index contributed by atoms with van der Waals surface area (Å²) in [6, 6.07) is 7.90. The van der Waals surface area contributed by atoms with E-state index < -0.39 is 5.97 Å². The van der Waals surface area contributed by atoms with E-state index in [4.69, 9.17) is 5.11 Å². The van der Waals surface area contributed by atoms with E-state index >= 15 is 0 Å². The summed E-state index contributed by atoms with van der Waals surface area (Å²) in [6.07, 6.45) is 1.57. The molecule has 3 heteroatoms. The van der Waals surface area contributed by atoms with Crippen molar-refractivity contribution in [2.24, 2.45) is 0 Å². The van der Waals surface area contributed by atoms with Crippen molar-refractivity contribution in [2.45, 2.75) is 18.8 Å². The second kappa shape index (κ2) is 2.86. The molecule has 1 aromatic heterocycles. The first-order valence-electron chi connectivity index (χ1n) is 5.09. The Labute approximate surface area is 86.7 Å². The molecule has 15 heavy (non-hydrogen) atoms. The van der Waals surface area contributed by atoms with E-state index in [2.05, 4.69) is 4.98 Å². The molecule has 1 aromatic carbocycles. The van der Waals surface area contributed by atoms with Crippen molar-refractivity contribution in [3.05, 3.63) is 35.5 Å². The minimum Gasteiger partial charge on any atom is -0.481 e. The summed E-state index contributed by atoms with van der Waals surface area (Å²) < 4.78 is 0. The largest absolute Gasteiger partial charge is 0.481 e. The molecule has 0 radical (unpaired) electrons. The molecule has 1 heterocycles. The molecule has 0 amide bonds. The smallest absolute Gasteiger partial charge is 0.311 e. The summed E-state index contributed by atoms with van der Waals surface area (Å²) in [5, 5.41) is 10.2. The van der Waals surface area contributed by atoms with Crippen LogP contribution in [0, 0.1) is 0 Å². The van der Waals surface area contributed by atoms with Crippen LogP contribution < -0.4 is 0 Å². The summed E-state index contributed by atoms with van der Waals surface area (Å²) in [4.78, 5) is 14.4. The number of H-pyrrole nitrogens is 1. The Bertz CT molecular complexity index is 542. The molecular weight excluding hydrogens is 190 g/mol. The van der Waals surface area contributed by atoms with Gasteiger partial charge < -0.3 is 10.1 Å². The Morgan fingerprint density at radius 1 is 1.40 bits per heavy atom. The summed E-state index contributed by atoms with van der Waals surface area (Å²) in [6.45, 7) is 0. The van der Waals surface area contributed by atoms with E-state index in [0.717, 1.165) is 35.0 Å².